The zero-order chi connectivity index (χ0) is 24.8. The van der Waals surface area contributed by atoms with Gasteiger partial charge in [0.15, 0.2) is 9.84 Å². The Bertz CT molecular complexity index is 1120. The number of hydrogen-bond donors (Lipinski definition) is 2. The van der Waals surface area contributed by atoms with Crippen molar-refractivity contribution in [2.24, 2.45) is 0 Å². The first-order chi connectivity index (χ1) is 15.5. The van der Waals surface area contributed by atoms with Crippen LogP contribution in [0.2, 0.25) is 0 Å². The molecule has 0 aromatic heterocycles. The number of ether oxygens (including phenoxy) is 4. The second-order valence-electron chi connectivity index (χ2n) is 7.65. The molecule has 0 radical (unpaired) electrons. The summed E-state index contributed by atoms with van der Waals surface area (Å²) in [5.41, 5.74) is -0.00543. The molecular weight excluding hydrogens is 473 g/mol. The topological polar surface area (TPSA) is 120 Å². The second-order valence-corrected chi connectivity index (χ2v) is 9.53. The van der Waals surface area contributed by atoms with Gasteiger partial charge in [-0.3, -0.25) is 0 Å². The molecule has 0 aliphatic carbocycles. The van der Waals surface area contributed by atoms with Crippen molar-refractivity contribution in [3.05, 3.63) is 46.9 Å². The van der Waals surface area contributed by atoms with Crippen LogP contribution in [0.1, 0.15) is 25.0 Å². The predicted molar refractivity (Wildman–Crippen MR) is 133 cm³/mol. The quantitative estimate of drug-likeness (QED) is 0.446. The molecule has 2 aromatic carbocycles. The summed E-state index contributed by atoms with van der Waals surface area (Å²) in [6, 6.07) is 8.01. The number of sulfone groups is 1. The average Bonchev–Trinajstić information content (AvgIpc) is 2.76. The summed E-state index contributed by atoms with van der Waals surface area (Å²) in [5.74, 6) is 0.318. The Morgan fingerprint density at radius 2 is 1.53 bits per heavy atom. The van der Waals surface area contributed by atoms with Crippen LogP contribution in [0.25, 0.3) is 6.08 Å². The molecule has 0 amide bonds. The Labute approximate surface area is 222 Å². The van der Waals surface area contributed by atoms with Crippen molar-refractivity contribution >= 4 is 57.1 Å². The van der Waals surface area contributed by atoms with Gasteiger partial charge in [-0.15, -0.1) is 0 Å². The van der Waals surface area contributed by atoms with Crippen molar-refractivity contribution in [3.63, 3.8) is 0 Å². The molecule has 182 valence electrons. The van der Waals surface area contributed by atoms with E-state index in [1.165, 1.54) is 48.4 Å². The summed E-state index contributed by atoms with van der Waals surface area (Å²) in [5, 5.41) is 13.3. The molecule has 2 rings (SSSR count). The number of benzene rings is 2. The second kappa shape index (κ2) is 12.3. The van der Waals surface area contributed by atoms with Crippen LogP contribution in [0.4, 0.5) is 5.69 Å². The fourth-order valence-electron chi connectivity index (χ4n) is 2.98. The minimum atomic E-state index is -3.70. The van der Waals surface area contributed by atoms with Crippen molar-refractivity contribution in [1.82, 2.24) is 0 Å². The van der Waals surface area contributed by atoms with E-state index >= 15 is 0 Å². The van der Waals surface area contributed by atoms with E-state index in [1.807, 2.05) is 0 Å². The number of rotatable bonds is 11. The number of carbonyl (C=O) groups is 1. The Kier molecular flexibility index (Phi) is 10.8. The van der Waals surface area contributed by atoms with E-state index in [0.717, 1.165) is 5.41 Å². The first-order valence-electron chi connectivity index (χ1n) is 9.85. The van der Waals surface area contributed by atoms with E-state index in [9.17, 15) is 18.3 Å². The van der Waals surface area contributed by atoms with Gasteiger partial charge in [-0.25, -0.2) is 13.2 Å². The van der Waals surface area contributed by atoms with Crippen molar-refractivity contribution in [3.8, 4) is 23.0 Å². The van der Waals surface area contributed by atoms with E-state index in [0.29, 0.717) is 39.8 Å². The first-order valence-corrected chi connectivity index (χ1v) is 11.6. The summed E-state index contributed by atoms with van der Waals surface area (Å²) in [6.07, 6.45) is 1.41. The van der Waals surface area contributed by atoms with E-state index in [4.69, 9.17) is 18.9 Å². The number of methoxy groups -OCH3 is 4. The maximum atomic E-state index is 12.8. The van der Waals surface area contributed by atoms with Crippen molar-refractivity contribution in [2.75, 3.05) is 33.8 Å². The van der Waals surface area contributed by atoms with Crippen LogP contribution in [0.3, 0.4) is 0 Å². The Hall–Kier alpha value is -2.40. The third-order valence-corrected chi connectivity index (χ3v) is 6.10. The third kappa shape index (κ3) is 7.56. The van der Waals surface area contributed by atoms with E-state index in [-0.39, 0.29) is 35.3 Å². The molecular formula is C23H30NNaO8S. The van der Waals surface area contributed by atoms with Gasteiger partial charge < -0.3 is 29.4 Å². The van der Waals surface area contributed by atoms with Gasteiger partial charge in [-0.1, -0.05) is 6.07 Å². The number of aliphatic carboxylic acids is 1. The van der Waals surface area contributed by atoms with Gasteiger partial charge in [-0.05, 0) is 37.6 Å². The number of carboxylic acids is 1. The van der Waals surface area contributed by atoms with Crippen LogP contribution in [-0.4, -0.2) is 83.0 Å². The zero-order valence-corrected chi connectivity index (χ0v) is 20.3. The van der Waals surface area contributed by atoms with Gasteiger partial charge >= 0.3 is 35.5 Å². The van der Waals surface area contributed by atoms with Crippen LogP contribution in [0.15, 0.2) is 35.7 Å². The number of nitrogens with one attached hydrogen (secondary N) is 1. The first kappa shape index (κ1) is 29.6. The molecule has 0 unspecified atom stereocenters. The van der Waals surface area contributed by atoms with Gasteiger partial charge in [0.1, 0.15) is 28.5 Å². The molecule has 0 spiro atoms. The molecule has 0 aliphatic rings. The Morgan fingerprint density at radius 3 is 2.00 bits per heavy atom. The van der Waals surface area contributed by atoms with Crippen LogP contribution >= 0.6 is 0 Å². The molecule has 9 nitrogen and oxygen atoms in total. The molecule has 0 atom stereocenters. The molecule has 2 aromatic rings. The Balaban J connectivity index is 0.00000578. The van der Waals surface area contributed by atoms with E-state index < -0.39 is 21.3 Å². The van der Waals surface area contributed by atoms with Gasteiger partial charge in [0.25, 0.3) is 0 Å². The standard InChI is InChI=1S/C23H29NO8S.Na.H/c1-23(2,22(25)26)24-18-11-15(7-8-19(18)30-4)14-33(27,28)10-9-17-20(31-5)12-16(29-3)13-21(17)32-6;;/h7-13,24H,14H2,1-6H3,(H,25,26);;/b10-9+;;. The molecule has 0 fully saturated rings. The summed E-state index contributed by atoms with van der Waals surface area (Å²) in [4.78, 5) is 11.5. The number of anilines is 1. The van der Waals surface area contributed by atoms with Gasteiger partial charge in [0, 0.05) is 17.5 Å². The fourth-order valence-corrected chi connectivity index (χ4v) is 4.07. The van der Waals surface area contributed by atoms with Crippen molar-refractivity contribution in [2.45, 2.75) is 25.1 Å². The van der Waals surface area contributed by atoms with Crippen LogP contribution in [-0.2, 0) is 20.4 Å². The summed E-state index contributed by atoms with van der Waals surface area (Å²) in [6.45, 7) is 2.99. The number of hydrogen-bond acceptors (Lipinski definition) is 8. The molecule has 34 heavy (non-hydrogen) atoms. The molecule has 0 aliphatic heterocycles. The monoisotopic (exact) mass is 503 g/mol. The SMILES string of the molecule is COc1cc(OC)c(/C=C/S(=O)(=O)Cc2ccc(OC)c(NC(C)(C)C(=O)O)c2)c(OC)c1.[NaH]. The summed E-state index contributed by atoms with van der Waals surface area (Å²) < 4.78 is 46.8. The molecule has 0 bridgehead atoms. The van der Waals surface area contributed by atoms with Crippen LogP contribution < -0.4 is 24.3 Å². The molecule has 11 heteroatoms. The fraction of sp³-hybridized carbons (Fsp3) is 0.348. The predicted octanol–water partition coefficient (Wildman–Crippen LogP) is 2.93. The Morgan fingerprint density at radius 1 is 0.971 bits per heavy atom. The summed E-state index contributed by atoms with van der Waals surface area (Å²) in [7, 11) is 2.17. The molecule has 2 N–H and O–H groups in total. The van der Waals surface area contributed by atoms with Gasteiger partial charge in [0.05, 0.1) is 45.4 Å². The molecule has 0 saturated carbocycles. The maximum absolute atomic E-state index is 12.8. The van der Waals surface area contributed by atoms with Gasteiger partial charge in [-0.2, -0.15) is 0 Å². The van der Waals surface area contributed by atoms with Crippen LogP contribution in [0.5, 0.6) is 23.0 Å². The zero-order valence-electron chi connectivity index (χ0n) is 19.5. The minimum absolute atomic E-state index is 0. The third-order valence-electron chi connectivity index (χ3n) is 4.81. The van der Waals surface area contributed by atoms with E-state index in [1.54, 1.807) is 30.3 Å². The van der Waals surface area contributed by atoms with Gasteiger partial charge in [0.2, 0.25) is 0 Å². The number of carboxylic acid groups (broad SMARTS) is 1. The molecule has 0 heterocycles. The van der Waals surface area contributed by atoms with Crippen molar-refractivity contribution in [1.29, 1.82) is 0 Å². The van der Waals surface area contributed by atoms with E-state index in [2.05, 4.69) is 5.32 Å². The average molecular weight is 504 g/mol. The van der Waals surface area contributed by atoms with Crippen LogP contribution in [0, 0.1) is 0 Å². The summed E-state index contributed by atoms with van der Waals surface area (Å²) >= 11 is 0. The molecule has 0 saturated heterocycles. The van der Waals surface area contributed by atoms with Crippen molar-refractivity contribution < 1.29 is 37.3 Å². The normalized spacial score (nSPS) is 11.5.